The third kappa shape index (κ3) is 0.632. The third-order valence-corrected chi connectivity index (χ3v) is 3.43. The largest absolute Gasteiger partial charge is 0.317 e. The minimum Gasteiger partial charge on any atom is -0.317 e. The van der Waals surface area contributed by atoms with Crippen molar-refractivity contribution in [3.05, 3.63) is 11.1 Å². The SMILES string of the molecule is CC1=C(C)C2(N)CC1CC2=N. The molecule has 1 fully saturated rings. The highest BCUT2D eigenvalue weighted by molar-refractivity contribution is 5.98. The molecule has 2 rings (SSSR count). The van der Waals surface area contributed by atoms with Crippen molar-refractivity contribution >= 4 is 5.71 Å². The third-order valence-electron chi connectivity index (χ3n) is 3.43. The Balaban J connectivity index is 2.53. The summed E-state index contributed by atoms with van der Waals surface area (Å²) in [6.07, 6.45) is 1.89. The highest BCUT2D eigenvalue weighted by Crippen LogP contribution is 2.47. The van der Waals surface area contributed by atoms with E-state index < -0.39 is 0 Å². The van der Waals surface area contributed by atoms with Gasteiger partial charge in [0.1, 0.15) is 0 Å². The Morgan fingerprint density at radius 2 is 2.18 bits per heavy atom. The van der Waals surface area contributed by atoms with Crippen LogP contribution < -0.4 is 5.73 Å². The highest BCUT2D eigenvalue weighted by Gasteiger charge is 2.48. The molecule has 3 N–H and O–H groups in total. The van der Waals surface area contributed by atoms with Crippen molar-refractivity contribution in [3.8, 4) is 0 Å². The summed E-state index contributed by atoms with van der Waals surface area (Å²) in [7, 11) is 0. The Kier molecular flexibility index (Phi) is 1.12. The van der Waals surface area contributed by atoms with E-state index in [2.05, 4.69) is 13.8 Å². The molecular weight excluding hydrogens is 136 g/mol. The van der Waals surface area contributed by atoms with Crippen LogP contribution in [0.15, 0.2) is 11.1 Å². The lowest BCUT2D eigenvalue weighted by molar-refractivity contribution is 0.607. The van der Waals surface area contributed by atoms with E-state index in [0.717, 1.165) is 18.6 Å². The molecule has 0 aromatic heterocycles. The number of nitrogens with two attached hydrogens (primary N) is 1. The lowest BCUT2D eigenvalue weighted by atomic mass is 9.87. The van der Waals surface area contributed by atoms with Gasteiger partial charge >= 0.3 is 0 Å². The molecular formula is C9H14N2. The van der Waals surface area contributed by atoms with Crippen LogP contribution in [-0.2, 0) is 0 Å². The first-order valence-corrected chi connectivity index (χ1v) is 4.10. The number of hydrogen-bond donors (Lipinski definition) is 2. The molecule has 1 saturated carbocycles. The van der Waals surface area contributed by atoms with Gasteiger partial charge in [0, 0.05) is 5.71 Å². The predicted molar refractivity (Wildman–Crippen MR) is 45.7 cm³/mol. The van der Waals surface area contributed by atoms with Crippen LogP contribution in [-0.4, -0.2) is 11.3 Å². The van der Waals surface area contributed by atoms with Gasteiger partial charge in [0.05, 0.1) is 5.54 Å². The molecule has 0 aromatic rings. The molecule has 60 valence electrons. The van der Waals surface area contributed by atoms with Gasteiger partial charge in [-0.1, -0.05) is 5.57 Å². The maximum absolute atomic E-state index is 7.69. The number of rotatable bonds is 0. The monoisotopic (exact) mass is 150 g/mol. The van der Waals surface area contributed by atoms with Crippen molar-refractivity contribution < 1.29 is 0 Å². The van der Waals surface area contributed by atoms with Gasteiger partial charge in [0.15, 0.2) is 0 Å². The lowest BCUT2D eigenvalue weighted by Crippen LogP contribution is -2.44. The molecule has 0 saturated heterocycles. The molecule has 0 aromatic carbocycles. The topological polar surface area (TPSA) is 49.9 Å². The molecule has 2 aliphatic rings. The first-order valence-electron chi connectivity index (χ1n) is 4.10. The average Bonchev–Trinajstić information content (AvgIpc) is 2.34. The Morgan fingerprint density at radius 3 is 2.55 bits per heavy atom. The maximum atomic E-state index is 7.69. The second kappa shape index (κ2) is 1.75. The first kappa shape index (κ1) is 7.04. The number of nitrogens with one attached hydrogen (secondary N) is 1. The van der Waals surface area contributed by atoms with Gasteiger partial charge in [-0.05, 0) is 38.2 Å². The van der Waals surface area contributed by atoms with Gasteiger partial charge in [-0.25, -0.2) is 0 Å². The van der Waals surface area contributed by atoms with E-state index in [-0.39, 0.29) is 5.54 Å². The van der Waals surface area contributed by atoms with E-state index in [1.54, 1.807) is 0 Å². The van der Waals surface area contributed by atoms with Crippen molar-refractivity contribution in [1.29, 1.82) is 5.41 Å². The zero-order valence-corrected chi connectivity index (χ0v) is 7.07. The Morgan fingerprint density at radius 1 is 1.55 bits per heavy atom. The maximum Gasteiger partial charge on any atom is 0.0757 e. The van der Waals surface area contributed by atoms with Crippen LogP contribution in [0.5, 0.6) is 0 Å². The highest BCUT2D eigenvalue weighted by atomic mass is 14.8. The lowest BCUT2D eigenvalue weighted by Gasteiger charge is -2.24. The van der Waals surface area contributed by atoms with Crippen molar-refractivity contribution in [1.82, 2.24) is 0 Å². The van der Waals surface area contributed by atoms with Crippen LogP contribution in [0.2, 0.25) is 0 Å². The molecule has 0 radical (unpaired) electrons. The second-order valence-corrected chi connectivity index (χ2v) is 3.86. The summed E-state index contributed by atoms with van der Waals surface area (Å²) in [5, 5.41) is 7.69. The molecule has 0 spiro atoms. The van der Waals surface area contributed by atoms with E-state index in [4.69, 9.17) is 11.1 Å². The van der Waals surface area contributed by atoms with Crippen molar-refractivity contribution in [2.24, 2.45) is 11.7 Å². The van der Waals surface area contributed by atoms with Crippen LogP contribution >= 0.6 is 0 Å². The smallest absolute Gasteiger partial charge is 0.0757 e. The normalized spacial score (nSPS) is 42.5. The fraction of sp³-hybridized carbons (Fsp3) is 0.667. The van der Waals surface area contributed by atoms with Gasteiger partial charge in [0.25, 0.3) is 0 Å². The number of hydrogen-bond acceptors (Lipinski definition) is 2. The summed E-state index contributed by atoms with van der Waals surface area (Å²) in [6, 6.07) is 0. The van der Waals surface area contributed by atoms with Gasteiger partial charge in [-0.15, -0.1) is 0 Å². The number of fused-ring (bicyclic) bond motifs is 2. The summed E-state index contributed by atoms with van der Waals surface area (Å²) in [5.74, 6) is 0.590. The van der Waals surface area contributed by atoms with Crippen molar-refractivity contribution in [2.75, 3.05) is 0 Å². The van der Waals surface area contributed by atoms with Gasteiger partial charge in [-0.2, -0.15) is 0 Å². The van der Waals surface area contributed by atoms with Crippen LogP contribution in [0.3, 0.4) is 0 Å². The summed E-state index contributed by atoms with van der Waals surface area (Å²) >= 11 is 0. The average molecular weight is 150 g/mol. The second-order valence-electron chi connectivity index (χ2n) is 3.86. The molecule has 0 heterocycles. The van der Waals surface area contributed by atoms with Crippen LogP contribution in [0.1, 0.15) is 26.7 Å². The molecule has 2 bridgehead atoms. The van der Waals surface area contributed by atoms with Crippen LogP contribution in [0.4, 0.5) is 0 Å². The standard InChI is InChI=1S/C9H14N2/c1-5-6(2)9(11)4-7(5)3-8(9)10/h7,10H,3-4,11H2,1-2H3. The molecule has 2 nitrogen and oxygen atoms in total. The summed E-state index contributed by atoms with van der Waals surface area (Å²) < 4.78 is 0. The summed E-state index contributed by atoms with van der Waals surface area (Å²) in [5.41, 5.74) is 9.18. The minimum absolute atomic E-state index is 0.339. The van der Waals surface area contributed by atoms with Crippen LogP contribution in [0, 0.1) is 11.3 Å². The van der Waals surface area contributed by atoms with Gasteiger partial charge in [-0.3, -0.25) is 0 Å². The molecule has 2 unspecified atom stereocenters. The fourth-order valence-corrected chi connectivity index (χ4v) is 2.36. The van der Waals surface area contributed by atoms with Crippen molar-refractivity contribution in [2.45, 2.75) is 32.2 Å². The molecule has 2 atom stereocenters. The minimum atomic E-state index is -0.339. The van der Waals surface area contributed by atoms with E-state index in [0.29, 0.717) is 5.92 Å². The van der Waals surface area contributed by atoms with Crippen LogP contribution in [0.25, 0.3) is 0 Å². The van der Waals surface area contributed by atoms with E-state index >= 15 is 0 Å². The Labute approximate surface area is 67.0 Å². The van der Waals surface area contributed by atoms with Gasteiger partial charge < -0.3 is 11.1 Å². The molecule has 0 aliphatic heterocycles. The zero-order valence-electron chi connectivity index (χ0n) is 7.07. The zero-order chi connectivity index (χ0) is 8.22. The van der Waals surface area contributed by atoms with Crippen molar-refractivity contribution in [3.63, 3.8) is 0 Å². The quantitative estimate of drug-likeness (QED) is 0.505. The fourth-order valence-electron chi connectivity index (χ4n) is 2.36. The summed E-state index contributed by atoms with van der Waals surface area (Å²) in [6.45, 7) is 4.23. The van der Waals surface area contributed by atoms with E-state index in [9.17, 15) is 0 Å². The molecule has 2 aliphatic carbocycles. The molecule has 11 heavy (non-hydrogen) atoms. The molecule has 0 amide bonds. The predicted octanol–water partition coefficient (Wildman–Crippen LogP) is 1.46. The summed E-state index contributed by atoms with van der Waals surface area (Å²) in [4.78, 5) is 0. The number of allylic oxidation sites excluding steroid dienone is 1. The Bertz CT molecular complexity index is 265. The van der Waals surface area contributed by atoms with E-state index in [1.165, 1.54) is 11.1 Å². The Hall–Kier alpha value is -0.630. The first-order chi connectivity index (χ1) is 5.05. The molecule has 2 heteroatoms. The van der Waals surface area contributed by atoms with Gasteiger partial charge in [0.2, 0.25) is 0 Å². The van der Waals surface area contributed by atoms with E-state index in [1.807, 2.05) is 0 Å².